The molecule has 3 heterocycles. The first kappa shape index (κ1) is 20.3. The highest BCUT2D eigenvalue weighted by Gasteiger charge is 2.30. The Labute approximate surface area is 154 Å². The first-order valence-electron chi connectivity index (χ1n) is 7.79. The molecular weight excluding hydrogens is 371 g/mol. The van der Waals surface area contributed by atoms with E-state index in [1.165, 1.54) is 11.1 Å². The van der Waals surface area contributed by atoms with Gasteiger partial charge < -0.3 is 15.0 Å². The standard InChI is InChI=1S/C14H14ClN3O.C3H5F3O/c1-9-4-10(6-16-5-9)7-18-8-12-11(14(18)19)2-3-17-13(12)15;1-7-2-3(4,5)6/h2-5,16H,6-8H2,1H3;2H2,1H3. The molecule has 0 fully saturated rings. The van der Waals surface area contributed by atoms with Gasteiger partial charge in [0.2, 0.25) is 0 Å². The van der Waals surface area contributed by atoms with Crippen molar-refractivity contribution in [3.05, 3.63) is 52.0 Å². The average molecular weight is 390 g/mol. The van der Waals surface area contributed by atoms with E-state index >= 15 is 0 Å². The number of carbonyl (C=O) groups excluding carboxylic acids is 1. The van der Waals surface area contributed by atoms with Crippen LogP contribution in [0.5, 0.6) is 0 Å². The van der Waals surface area contributed by atoms with E-state index in [-0.39, 0.29) is 5.91 Å². The van der Waals surface area contributed by atoms with Crippen LogP contribution in [0.3, 0.4) is 0 Å². The molecule has 1 amide bonds. The SMILES string of the molecule is CC1=CNCC(CN2Cc3c(ccnc3Cl)C2=O)=C1.COCC(F)(F)F. The summed E-state index contributed by atoms with van der Waals surface area (Å²) in [5, 5.41) is 3.63. The highest BCUT2D eigenvalue weighted by Crippen LogP contribution is 2.28. The number of halogens is 4. The minimum absolute atomic E-state index is 0.0346. The number of aromatic nitrogens is 1. The van der Waals surface area contributed by atoms with Crippen molar-refractivity contribution in [3.63, 3.8) is 0 Å². The molecule has 5 nitrogen and oxygen atoms in total. The summed E-state index contributed by atoms with van der Waals surface area (Å²) in [6.07, 6.45) is 1.50. The van der Waals surface area contributed by atoms with Crippen LogP contribution in [0.2, 0.25) is 5.15 Å². The number of carbonyl (C=O) groups is 1. The first-order chi connectivity index (χ1) is 12.2. The third-order valence-electron chi connectivity index (χ3n) is 3.66. The van der Waals surface area contributed by atoms with Gasteiger partial charge in [0, 0.05) is 37.5 Å². The minimum Gasteiger partial charge on any atom is -0.387 e. The summed E-state index contributed by atoms with van der Waals surface area (Å²) in [7, 11) is 1.01. The van der Waals surface area contributed by atoms with Crippen molar-refractivity contribution in [1.29, 1.82) is 0 Å². The maximum absolute atomic E-state index is 12.3. The summed E-state index contributed by atoms with van der Waals surface area (Å²) in [5.41, 5.74) is 3.89. The van der Waals surface area contributed by atoms with Crippen molar-refractivity contribution in [2.75, 3.05) is 26.8 Å². The van der Waals surface area contributed by atoms with Crippen LogP contribution in [0.15, 0.2) is 35.7 Å². The molecule has 1 aromatic rings. The number of ether oxygens (including phenoxy) is 1. The molecule has 0 unspecified atom stereocenters. The van der Waals surface area contributed by atoms with Gasteiger partial charge in [-0.1, -0.05) is 17.7 Å². The highest BCUT2D eigenvalue weighted by molar-refractivity contribution is 6.30. The molecule has 2 aliphatic rings. The third kappa shape index (κ3) is 5.47. The quantitative estimate of drug-likeness (QED) is 0.806. The first-order valence-corrected chi connectivity index (χ1v) is 8.17. The van der Waals surface area contributed by atoms with Gasteiger partial charge in [0.05, 0.1) is 6.54 Å². The lowest BCUT2D eigenvalue weighted by Crippen LogP contribution is -2.30. The van der Waals surface area contributed by atoms with Gasteiger partial charge >= 0.3 is 6.18 Å². The minimum atomic E-state index is -4.17. The number of hydrogen-bond acceptors (Lipinski definition) is 4. The van der Waals surface area contributed by atoms with E-state index in [0.717, 1.165) is 19.2 Å². The Hall–Kier alpha value is -2.06. The van der Waals surface area contributed by atoms with Gasteiger partial charge in [-0.15, -0.1) is 0 Å². The zero-order valence-electron chi connectivity index (χ0n) is 14.4. The third-order valence-corrected chi connectivity index (χ3v) is 3.99. The molecule has 1 N–H and O–H groups in total. The summed E-state index contributed by atoms with van der Waals surface area (Å²) < 4.78 is 36.6. The van der Waals surface area contributed by atoms with E-state index in [4.69, 9.17) is 11.6 Å². The summed E-state index contributed by atoms with van der Waals surface area (Å²) in [4.78, 5) is 18.1. The Balaban J connectivity index is 0.000000298. The number of allylic oxidation sites excluding steroid dienone is 2. The largest absolute Gasteiger partial charge is 0.411 e. The normalized spacial score (nSPS) is 16.2. The molecule has 0 radical (unpaired) electrons. The van der Waals surface area contributed by atoms with Crippen LogP contribution in [0, 0.1) is 0 Å². The lowest BCUT2D eigenvalue weighted by molar-refractivity contribution is -0.167. The summed E-state index contributed by atoms with van der Waals surface area (Å²) in [5.74, 6) is 0.0346. The average Bonchev–Trinajstić information content (AvgIpc) is 2.85. The van der Waals surface area contributed by atoms with Crippen LogP contribution in [0.25, 0.3) is 0 Å². The number of alkyl halides is 3. The number of pyridine rings is 1. The van der Waals surface area contributed by atoms with Crippen molar-refractivity contribution in [2.45, 2.75) is 19.6 Å². The smallest absolute Gasteiger partial charge is 0.387 e. The Morgan fingerprint density at radius 3 is 2.69 bits per heavy atom. The summed E-state index contributed by atoms with van der Waals surface area (Å²) >= 11 is 6.04. The van der Waals surface area contributed by atoms with Crippen LogP contribution in [-0.4, -0.2) is 48.8 Å². The topological polar surface area (TPSA) is 54.5 Å². The van der Waals surface area contributed by atoms with Crippen LogP contribution in [0.4, 0.5) is 13.2 Å². The van der Waals surface area contributed by atoms with Crippen molar-refractivity contribution in [1.82, 2.24) is 15.2 Å². The second kappa shape index (κ2) is 8.55. The lowest BCUT2D eigenvalue weighted by Gasteiger charge is -2.20. The highest BCUT2D eigenvalue weighted by atomic mass is 35.5. The Morgan fingerprint density at radius 1 is 1.42 bits per heavy atom. The number of dihydropyridines is 1. The van der Waals surface area contributed by atoms with E-state index in [2.05, 4.69) is 21.1 Å². The molecule has 0 saturated carbocycles. The van der Waals surface area contributed by atoms with Crippen LogP contribution >= 0.6 is 11.6 Å². The van der Waals surface area contributed by atoms with Crippen molar-refractivity contribution < 1.29 is 22.7 Å². The van der Waals surface area contributed by atoms with Gasteiger partial charge in [-0.05, 0) is 30.3 Å². The molecule has 3 rings (SSSR count). The molecule has 26 heavy (non-hydrogen) atoms. The van der Waals surface area contributed by atoms with Crippen LogP contribution < -0.4 is 5.32 Å². The summed E-state index contributed by atoms with van der Waals surface area (Å²) in [6, 6.07) is 1.74. The van der Waals surface area contributed by atoms with Gasteiger partial charge in [-0.25, -0.2) is 4.98 Å². The Kier molecular flexibility index (Phi) is 6.66. The van der Waals surface area contributed by atoms with Gasteiger partial charge in [0.1, 0.15) is 11.8 Å². The molecule has 2 aliphatic heterocycles. The number of hydrogen-bond donors (Lipinski definition) is 1. The predicted molar refractivity (Wildman–Crippen MR) is 91.8 cm³/mol. The molecule has 0 atom stereocenters. The second-order valence-electron chi connectivity index (χ2n) is 5.91. The van der Waals surface area contributed by atoms with Crippen LogP contribution in [0.1, 0.15) is 22.8 Å². The number of nitrogens with one attached hydrogen (secondary N) is 1. The van der Waals surface area contributed by atoms with Gasteiger partial charge in [-0.2, -0.15) is 13.2 Å². The second-order valence-corrected chi connectivity index (χ2v) is 6.27. The molecule has 0 spiro atoms. The van der Waals surface area contributed by atoms with E-state index < -0.39 is 12.8 Å². The molecule has 9 heteroatoms. The van der Waals surface area contributed by atoms with E-state index in [0.29, 0.717) is 23.8 Å². The molecule has 0 aliphatic carbocycles. The predicted octanol–water partition coefficient (Wildman–Crippen LogP) is 3.32. The molecule has 0 saturated heterocycles. The zero-order chi connectivity index (χ0) is 19.3. The van der Waals surface area contributed by atoms with Crippen molar-refractivity contribution in [2.24, 2.45) is 0 Å². The van der Waals surface area contributed by atoms with E-state index in [1.807, 2.05) is 18.0 Å². The number of nitrogens with zero attached hydrogens (tertiary/aromatic N) is 2. The number of rotatable bonds is 3. The summed E-state index contributed by atoms with van der Waals surface area (Å²) in [6.45, 7) is 2.83. The van der Waals surface area contributed by atoms with Gasteiger partial charge in [0.15, 0.2) is 0 Å². The van der Waals surface area contributed by atoms with Crippen LogP contribution in [-0.2, 0) is 11.3 Å². The fraction of sp³-hybridized carbons (Fsp3) is 0.412. The van der Waals surface area contributed by atoms with Crippen molar-refractivity contribution >= 4 is 17.5 Å². The number of amides is 1. The maximum atomic E-state index is 12.3. The molecular formula is C17H19ClF3N3O2. The van der Waals surface area contributed by atoms with Gasteiger partial charge in [0.25, 0.3) is 5.91 Å². The fourth-order valence-corrected chi connectivity index (χ4v) is 2.86. The molecule has 0 aromatic carbocycles. The monoisotopic (exact) mass is 389 g/mol. The van der Waals surface area contributed by atoms with Gasteiger partial charge in [-0.3, -0.25) is 4.79 Å². The maximum Gasteiger partial charge on any atom is 0.411 e. The number of fused-ring (bicyclic) bond motifs is 1. The van der Waals surface area contributed by atoms with Crippen molar-refractivity contribution in [3.8, 4) is 0 Å². The Morgan fingerprint density at radius 2 is 2.15 bits per heavy atom. The molecule has 0 bridgehead atoms. The zero-order valence-corrected chi connectivity index (χ0v) is 15.1. The molecule has 142 valence electrons. The van der Waals surface area contributed by atoms with E-state index in [9.17, 15) is 18.0 Å². The van der Waals surface area contributed by atoms with E-state index in [1.54, 1.807) is 12.3 Å². The lowest BCUT2D eigenvalue weighted by atomic mass is 10.1. The number of methoxy groups -OCH3 is 1. The Bertz CT molecular complexity index is 732. The fourth-order valence-electron chi connectivity index (χ4n) is 2.65. The molecule has 1 aromatic heterocycles.